The third-order valence-corrected chi connectivity index (χ3v) is 5.17. The fourth-order valence-corrected chi connectivity index (χ4v) is 3.67. The summed E-state index contributed by atoms with van der Waals surface area (Å²) in [4.78, 5) is 30.3. The summed E-state index contributed by atoms with van der Waals surface area (Å²) >= 11 is 0. The van der Waals surface area contributed by atoms with Gasteiger partial charge in [-0.2, -0.15) is 0 Å². The van der Waals surface area contributed by atoms with E-state index in [1.165, 1.54) is 19.3 Å². The first-order valence-corrected chi connectivity index (χ1v) is 10.0. The van der Waals surface area contributed by atoms with Crippen LogP contribution in [0.2, 0.25) is 0 Å². The summed E-state index contributed by atoms with van der Waals surface area (Å²) in [5.41, 5.74) is 0. The van der Waals surface area contributed by atoms with Gasteiger partial charge in [0.2, 0.25) is 11.8 Å². The number of hydrogen-bond acceptors (Lipinski definition) is 3. The van der Waals surface area contributed by atoms with Gasteiger partial charge in [0.15, 0.2) is 5.96 Å². The number of carbonyl (C=O) groups excluding carboxylic acids is 2. The fourth-order valence-electron chi connectivity index (χ4n) is 3.67. The van der Waals surface area contributed by atoms with Gasteiger partial charge in [0.25, 0.3) is 0 Å². The Balaban J connectivity index is 0.00000364. The van der Waals surface area contributed by atoms with E-state index in [2.05, 4.69) is 20.9 Å². The van der Waals surface area contributed by atoms with Crippen LogP contribution >= 0.6 is 24.0 Å². The van der Waals surface area contributed by atoms with Gasteiger partial charge in [-0.1, -0.05) is 33.1 Å². The number of hydrogen-bond donors (Lipinski definition) is 3. The van der Waals surface area contributed by atoms with E-state index >= 15 is 0 Å². The molecule has 1 saturated carbocycles. The minimum atomic E-state index is 0. The van der Waals surface area contributed by atoms with E-state index in [-0.39, 0.29) is 47.8 Å². The fraction of sp³-hybridized carbons (Fsp3) is 0.842. The smallest absolute Gasteiger partial charge is 0.225 e. The van der Waals surface area contributed by atoms with Crippen LogP contribution in [-0.4, -0.2) is 61.4 Å². The van der Waals surface area contributed by atoms with Gasteiger partial charge < -0.3 is 20.9 Å². The Morgan fingerprint density at radius 2 is 1.78 bits per heavy atom. The second-order valence-corrected chi connectivity index (χ2v) is 7.72. The first-order valence-electron chi connectivity index (χ1n) is 10.0. The molecule has 2 aliphatic rings. The lowest BCUT2D eigenvalue weighted by Gasteiger charge is -2.23. The third kappa shape index (κ3) is 8.23. The summed E-state index contributed by atoms with van der Waals surface area (Å²) in [7, 11) is 1.73. The minimum absolute atomic E-state index is 0. The summed E-state index contributed by atoms with van der Waals surface area (Å²) in [6.45, 7) is 5.92. The second kappa shape index (κ2) is 12.4. The highest BCUT2D eigenvalue weighted by Gasteiger charge is 2.27. The first-order chi connectivity index (χ1) is 12.5. The Morgan fingerprint density at radius 1 is 1.07 bits per heavy atom. The van der Waals surface area contributed by atoms with E-state index in [0.717, 1.165) is 25.8 Å². The molecule has 0 aromatic heterocycles. The van der Waals surface area contributed by atoms with Crippen LogP contribution in [0.1, 0.15) is 58.8 Å². The molecule has 1 heterocycles. The molecule has 1 atom stereocenters. The molecule has 0 spiro atoms. The van der Waals surface area contributed by atoms with Crippen molar-refractivity contribution in [2.45, 2.75) is 70.9 Å². The van der Waals surface area contributed by atoms with Crippen LogP contribution in [-0.2, 0) is 9.59 Å². The maximum Gasteiger partial charge on any atom is 0.225 e. The monoisotopic (exact) mass is 493 g/mol. The molecule has 156 valence electrons. The quantitative estimate of drug-likeness (QED) is 0.300. The number of rotatable bonds is 6. The number of aliphatic imine (C=N–C) groups is 1. The molecule has 1 saturated heterocycles. The molecule has 2 fully saturated rings. The molecule has 2 rings (SSSR count). The Labute approximate surface area is 180 Å². The molecule has 2 amide bonds. The van der Waals surface area contributed by atoms with Crippen molar-refractivity contribution in [1.29, 1.82) is 0 Å². The molecule has 1 aliphatic carbocycles. The Hall–Kier alpha value is -1.06. The lowest BCUT2D eigenvalue weighted by Crippen LogP contribution is -2.46. The summed E-state index contributed by atoms with van der Waals surface area (Å²) in [5, 5.41) is 9.69. The molecular formula is C19H36IN5O2. The van der Waals surface area contributed by atoms with Gasteiger partial charge in [0.1, 0.15) is 0 Å². The molecule has 8 heteroatoms. The van der Waals surface area contributed by atoms with Gasteiger partial charge in [0.05, 0.1) is 0 Å². The zero-order valence-electron chi connectivity index (χ0n) is 16.9. The Bertz CT molecular complexity index is 506. The zero-order valence-corrected chi connectivity index (χ0v) is 19.3. The van der Waals surface area contributed by atoms with Crippen molar-refractivity contribution in [1.82, 2.24) is 20.9 Å². The molecule has 7 nitrogen and oxygen atoms in total. The molecule has 0 aromatic rings. The third-order valence-electron chi connectivity index (χ3n) is 5.17. The van der Waals surface area contributed by atoms with Crippen LogP contribution in [0.4, 0.5) is 0 Å². The molecular weight excluding hydrogens is 457 g/mol. The van der Waals surface area contributed by atoms with Gasteiger partial charge >= 0.3 is 0 Å². The summed E-state index contributed by atoms with van der Waals surface area (Å²) < 4.78 is 0. The van der Waals surface area contributed by atoms with Crippen molar-refractivity contribution in [2.24, 2.45) is 10.9 Å². The topological polar surface area (TPSA) is 85.8 Å². The van der Waals surface area contributed by atoms with Crippen LogP contribution < -0.4 is 16.0 Å². The van der Waals surface area contributed by atoms with Gasteiger partial charge in [0, 0.05) is 51.1 Å². The molecule has 0 bridgehead atoms. The van der Waals surface area contributed by atoms with Gasteiger partial charge in [-0.25, -0.2) is 0 Å². The average molecular weight is 493 g/mol. The number of carbonyl (C=O) groups is 2. The van der Waals surface area contributed by atoms with Gasteiger partial charge in [-0.3, -0.25) is 14.6 Å². The van der Waals surface area contributed by atoms with Gasteiger partial charge in [-0.15, -0.1) is 24.0 Å². The maximum absolute atomic E-state index is 12.1. The Kier molecular flexibility index (Phi) is 11.0. The zero-order chi connectivity index (χ0) is 18.9. The predicted molar refractivity (Wildman–Crippen MR) is 119 cm³/mol. The van der Waals surface area contributed by atoms with Gasteiger partial charge in [-0.05, 0) is 19.3 Å². The lowest BCUT2D eigenvalue weighted by atomic mass is 9.95. The summed E-state index contributed by atoms with van der Waals surface area (Å²) in [6.07, 6.45) is 7.30. The van der Waals surface area contributed by atoms with E-state index < -0.39 is 0 Å². The summed E-state index contributed by atoms with van der Waals surface area (Å²) in [6, 6.07) is 0.566. The van der Waals surface area contributed by atoms with Crippen LogP contribution in [0.3, 0.4) is 0 Å². The molecule has 0 radical (unpaired) electrons. The normalized spacial score (nSPS) is 21.0. The average Bonchev–Trinajstić information content (AvgIpc) is 3.09. The van der Waals surface area contributed by atoms with Crippen molar-refractivity contribution < 1.29 is 9.59 Å². The van der Waals surface area contributed by atoms with Crippen molar-refractivity contribution in [2.75, 3.05) is 26.7 Å². The lowest BCUT2D eigenvalue weighted by molar-refractivity contribution is -0.133. The molecule has 0 aromatic carbocycles. The van der Waals surface area contributed by atoms with Crippen LogP contribution in [0, 0.1) is 5.92 Å². The number of halogens is 1. The predicted octanol–water partition coefficient (Wildman–Crippen LogP) is 1.87. The van der Waals surface area contributed by atoms with Crippen molar-refractivity contribution in [3.8, 4) is 0 Å². The molecule has 27 heavy (non-hydrogen) atoms. The molecule has 1 unspecified atom stereocenters. The number of likely N-dealkylation sites (tertiary alicyclic amines) is 1. The van der Waals surface area contributed by atoms with Crippen LogP contribution in [0.25, 0.3) is 0 Å². The number of guanidine groups is 1. The Morgan fingerprint density at radius 3 is 2.41 bits per heavy atom. The minimum Gasteiger partial charge on any atom is -0.356 e. The highest BCUT2D eigenvalue weighted by Crippen LogP contribution is 2.17. The summed E-state index contributed by atoms with van der Waals surface area (Å²) in [5.74, 6) is 1.04. The number of nitrogens with one attached hydrogen (secondary N) is 3. The van der Waals surface area contributed by atoms with E-state index in [4.69, 9.17) is 0 Å². The van der Waals surface area contributed by atoms with Crippen LogP contribution in [0.5, 0.6) is 0 Å². The standard InChI is InChI=1S/C19H35N5O2.HI/c1-14(2)18(26)24-12-10-16(13-24)23-19(20-3)21-11-9-17(25)22-15-7-5-4-6-8-15;/h14-16H,4-13H2,1-3H3,(H,22,25)(H2,20,21,23);1H. The van der Waals surface area contributed by atoms with Crippen molar-refractivity contribution in [3.63, 3.8) is 0 Å². The van der Waals surface area contributed by atoms with Crippen LogP contribution in [0.15, 0.2) is 4.99 Å². The SMILES string of the molecule is CN=C(NCCC(=O)NC1CCCCC1)NC1CCN(C(=O)C(C)C)C1.I. The second-order valence-electron chi connectivity index (χ2n) is 7.72. The largest absolute Gasteiger partial charge is 0.356 e. The first kappa shape index (κ1) is 24.0. The number of amides is 2. The van der Waals surface area contributed by atoms with Crippen molar-refractivity contribution in [3.05, 3.63) is 0 Å². The van der Waals surface area contributed by atoms with Crippen molar-refractivity contribution >= 4 is 41.8 Å². The van der Waals surface area contributed by atoms with E-state index in [1.807, 2.05) is 18.7 Å². The maximum atomic E-state index is 12.1. The van der Waals surface area contributed by atoms with E-state index in [9.17, 15) is 9.59 Å². The molecule has 3 N–H and O–H groups in total. The number of nitrogens with zero attached hydrogens (tertiary/aromatic N) is 2. The highest BCUT2D eigenvalue weighted by atomic mass is 127. The van der Waals surface area contributed by atoms with E-state index in [0.29, 0.717) is 31.5 Å². The van der Waals surface area contributed by atoms with E-state index in [1.54, 1.807) is 7.05 Å². The molecule has 1 aliphatic heterocycles. The highest BCUT2D eigenvalue weighted by molar-refractivity contribution is 14.0.